The average Bonchev–Trinajstić information content (AvgIpc) is 2.51. The summed E-state index contributed by atoms with van der Waals surface area (Å²) < 4.78 is 4.55. The van der Waals surface area contributed by atoms with Crippen LogP contribution in [0.5, 0.6) is 0 Å². The zero-order valence-corrected chi connectivity index (χ0v) is 13.9. The molecule has 4 nitrogen and oxygen atoms in total. The molecular formula is C16H19Cl2NO3. The first-order chi connectivity index (χ1) is 10.5. The molecule has 0 aromatic heterocycles. The van der Waals surface area contributed by atoms with Crippen molar-refractivity contribution in [2.45, 2.75) is 25.7 Å². The number of carbonyl (C=O) groups is 2. The summed E-state index contributed by atoms with van der Waals surface area (Å²) in [6.07, 6.45) is 6.00. The highest BCUT2D eigenvalue weighted by atomic mass is 35.5. The Hall–Kier alpha value is -1.52. The molecule has 0 atom stereocenters. The number of carbonyl (C=O) groups excluding carboxylic acids is 2. The third-order valence-corrected chi connectivity index (χ3v) is 3.69. The Kier molecular flexibility index (Phi) is 8.63. The molecule has 0 saturated carbocycles. The van der Waals surface area contributed by atoms with Gasteiger partial charge < -0.3 is 10.1 Å². The molecule has 0 saturated heterocycles. The van der Waals surface area contributed by atoms with E-state index in [1.807, 2.05) is 0 Å². The number of halogens is 2. The lowest BCUT2D eigenvalue weighted by Crippen LogP contribution is -2.22. The van der Waals surface area contributed by atoms with E-state index in [1.54, 1.807) is 24.3 Å². The van der Waals surface area contributed by atoms with Crippen molar-refractivity contribution in [1.82, 2.24) is 5.32 Å². The molecule has 0 radical (unpaired) electrons. The van der Waals surface area contributed by atoms with Gasteiger partial charge in [-0.1, -0.05) is 35.7 Å². The van der Waals surface area contributed by atoms with E-state index in [0.29, 0.717) is 23.0 Å². The number of rotatable bonds is 8. The van der Waals surface area contributed by atoms with Crippen LogP contribution in [0.4, 0.5) is 0 Å². The molecule has 1 N–H and O–H groups in total. The lowest BCUT2D eigenvalue weighted by molar-refractivity contribution is -0.140. The molecule has 0 bridgehead atoms. The standard InChI is InChI=1S/C16H19Cl2NO3/c1-22-16(21)5-3-2-4-10-19-15(20)9-7-12-6-8-13(17)14(18)11-12/h6-9,11H,2-5,10H2,1H3,(H,19,20)/b9-7+. The molecule has 0 spiro atoms. The Morgan fingerprint density at radius 3 is 2.64 bits per heavy atom. The number of unbranched alkanes of at least 4 members (excludes halogenated alkanes) is 2. The number of methoxy groups -OCH3 is 1. The predicted octanol–water partition coefficient (Wildman–Crippen LogP) is 3.86. The summed E-state index contributed by atoms with van der Waals surface area (Å²) in [4.78, 5) is 22.5. The van der Waals surface area contributed by atoms with Gasteiger partial charge in [-0.15, -0.1) is 0 Å². The Morgan fingerprint density at radius 2 is 1.95 bits per heavy atom. The van der Waals surface area contributed by atoms with Gasteiger partial charge in [-0.05, 0) is 36.6 Å². The molecular weight excluding hydrogens is 325 g/mol. The van der Waals surface area contributed by atoms with Crippen LogP contribution in [0, 0.1) is 0 Å². The van der Waals surface area contributed by atoms with E-state index in [-0.39, 0.29) is 11.9 Å². The fourth-order valence-electron chi connectivity index (χ4n) is 1.73. The van der Waals surface area contributed by atoms with Crippen molar-refractivity contribution >= 4 is 41.2 Å². The number of nitrogens with one attached hydrogen (secondary N) is 1. The van der Waals surface area contributed by atoms with Crippen molar-refractivity contribution in [3.63, 3.8) is 0 Å². The van der Waals surface area contributed by atoms with E-state index in [1.165, 1.54) is 13.2 Å². The van der Waals surface area contributed by atoms with Crippen LogP contribution < -0.4 is 5.32 Å². The van der Waals surface area contributed by atoms with Crippen molar-refractivity contribution in [1.29, 1.82) is 0 Å². The third kappa shape index (κ3) is 7.48. The van der Waals surface area contributed by atoms with E-state index >= 15 is 0 Å². The van der Waals surface area contributed by atoms with Gasteiger partial charge in [0.05, 0.1) is 17.2 Å². The highest BCUT2D eigenvalue weighted by molar-refractivity contribution is 6.42. The molecule has 120 valence electrons. The molecule has 0 aliphatic heterocycles. The molecule has 1 aromatic carbocycles. The van der Waals surface area contributed by atoms with Crippen LogP contribution >= 0.6 is 23.2 Å². The molecule has 1 aromatic rings. The van der Waals surface area contributed by atoms with E-state index < -0.39 is 0 Å². The van der Waals surface area contributed by atoms with Crippen LogP contribution in [-0.4, -0.2) is 25.5 Å². The van der Waals surface area contributed by atoms with Gasteiger partial charge in [0.1, 0.15) is 0 Å². The minimum atomic E-state index is -0.200. The fraction of sp³-hybridized carbons (Fsp3) is 0.375. The van der Waals surface area contributed by atoms with Gasteiger partial charge in [-0.3, -0.25) is 9.59 Å². The summed E-state index contributed by atoms with van der Waals surface area (Å²) in [5.41, 5.74) is 0.808. The number of hydrogen-bond acceptors (Lipinski definition) is 3. The molecule has 0 fully saturated rings. The van der Waals surface area contributed by atoms with Crippen molar-refractivity contribution in [3.8, 4) is 0 Å². The molecule has 0 heterocycles. The largest absolute Gasteiger partial charge is 0.469 e. The molecule has 0 aliphatic carbocycles. The van der Waals surface area contributed by atoms with Gasteiger partial charge in [0, 0.05) is 19.0 Å². The maximum atomic E-state index is 11.6. The van der Waals surface area contributed by atoms with E-state index in [4.69, 9.17) is 23.2 Å². The summed E-state index contributed by atoms with van der Waals surface area (Å²) in [7, 11) is 1.38. The Morgan fingerprint density at radius 1 is 1.18 bits per heavy atom. The predicted molar refractivity (Wildman–Crippen MR) is 89.0 cm³/mol. The minimum absolute atomic E-state index is 0.168. The van der Waals surface area contributed by atoms with E-state index in [0.717, 1.165) is 24.8 Å². The summed E-state index contributed by atoms with van der Waals surface area (Å²) in [6, 6.07) is 5.16. The van der Waals surface area contributed by atoms with Crippen LogP contribution in [0.1, 0.15) is 31.2 Å². The number of esters is 1. The number of ether oxygens (including phenoxy) is 1. The van der Waals surface area contributed by atoms with Crippen molar-refractivity contribution in [2.24, 2.45) is 0 Å². The molecule has 22 heavy (non-hydrogen) atoms. The van der Waals surface area contributed by atoms with Crippen molar-refractivity contribution in [2.75, 3.05) is 13.7 Å². The smallest absolute Gasteiger partial charge is 0.305 e. The summed E-state index contributed by atoms with van der Waals surface area (Å²) in [5.74, 6) is -0.368. The Labute approximate surface area is 140 Å². The average molecular weight is 344 g/mol. The molecule has 1 amide bonds. The van der Waals surface area contributed by atoms with Gasteiger partial charge in [-0.25, -0.2) is 0 Å². The monoisotopic (exact) mass is 343 g/mol. The molecule has 0 aliphatic rings. The third-order valence-electron chi connectivity index (χ3n) is 2.96. The summed E-state index contributed by atoms with van der Waals surface area (Å²) >= 11 is 11.7. The van der Waals surface area contributed by atoms with Crippen LogP contribution in [0.25, 0.3) is 6.08 Å². The van der Waals surface area contributed by atoms with Crippen LogP contribution in [0.15, 0.2) is 24.3 Å². The second kappa shape index (κ2) is 10.2. The first kappa shape index (κ1) is 18.5. The SMILES string of the molecule is COC(=O)CCCCCNC(=O)/C=C/c1ccc(Cl)c(Cl)c1. The lowest BCUT2D eigenvalue weighted by atomic mass is 10.2. The van der Waals surface area contributed by atoms with Gasteiger partial charge in [0.15, 0.2) is 0 Å². The highest BCUT2D eigenvalue weighted by Gasteiger charge is 2.00. The second-order valence-corrected chi connectivity index (χ2v) is 5.50. The summed E-state index contributed by atoms with van der Waals surface area (Å²) in [5, 5.41) is 3.72. The summed E-state index contributed by atoms with van der Waals surface area (Å²) in [6.45, 7) is 0.575. The van der Waals surface area contributed by atoms with E-state index in [2.05, 4.69) is 10.1 Å². The maximum Gasteiger partial charge on any atom is 0.305 e. The highest BCUT2D eigenvalue weighted by Crippen LogP contribution is 2.23. The topological polar surface area (TPSA) is 55.4 Å². The van der Waals surface area contributed by atoms with Crippen LogP contribution in [0.2, 0.25) is 10.0 Å². The van der Waals surface area contributed by atoms with Crippen LogP contribution in [-0.2, 0) is 14.3 Å². The Bertz CT molecular complexity index is 544. The molecule has 6 heteroatoms. The van der Waals surface area contributed by atoms with Gasteiger partial charge in [0.25, 0.3) is 0 Å². The maximum absolute atomic E-state index is 11.6. The van der Waals surface area contributed by atoms with Crippen LogP contribution in [0.3, 0.4) is 0 Å². The van der Waals surface area contributed by atoms with Gasteiger partial charge >= 0.3 is 5.97 Å². The second-order valence-electron chi connectivity index (χ2n) is 4.68. The molecule has 1 rings (SSSR count). The number of hydrogen-bond donors (Lipinski definition) is 1. The quantitative estimate of drug-likeness (QED) is 0.443. The Balaban J connectivity index is 2.21. The first-order valence-corrected chi connectivity index (χ1v) is 7.76. The van der Waals surface area contributed by atoms with Gasteiger partial charge in [0.2, 0.25) is 5.91 Å². The zero-order valence-electron chi connectivity index (χ0n) is 12.4. The molecule has 0 unspecified atom stereocenters. The van der Waals surface area contributed by atoms with Crippen molar-refractivity contribution in [3.05, 3.63) is 39.9 Å². The van der Waals surface area contributed by atoms with E-state index in [9.17, 15) is 9.59 Å². The minimum Gasteiger partial charge on any atom is -0.469 e. The lowest BCUT2D eigenvalue weighted by Gasteiger charge is -2.02. The zero-order chi connectivity index (χ0) is 16.4. The van der Waals surface area contributed by atoms with Crippen molar-refractivity contribution < 1.29 is 14.3 Å². The number of amides is 1. The fourth-order valence-corrected chi connectivity index (χ4v) is 2.04. The number of benzene rings is 1. The normalized spacial score (nSPS) is 10.7. The first-order valence-electron chi connectivity index (χ1n) is 7.00. The van der Waals surface area contributed by atoms with Gasteiger partial charge in [-0.2, -0.15) is 0 Å².